The molecule has 1 rings (SSSR count). The summed E-state index contributed by atoms with van der Waals surface area (Å²) in [5.74, 6) is 1.12. The largest absolute Gasteiger partial charge is 0.490 e. The fourth-order valence-electron chi connectivity index (χ4n) is 1.83. The van der Waals surface area contributed by atoms with Gasteiger partial charge in [0.25, 0.3) is 5.91 Å². The second kappa shape index (κ2) is 9.78. The van der Waals surface area contributed by atoms with E-state index in [0.29, 0.717) is 24.1 Å². The van der Waals surface area contributed by atoms with Gasteiger partial charge in [0.2, 0.25) is 0 Å². The Morgan fingerprint density at radius 3 is 2.57 bits per heavy atom. The molecule has 1 N–H and O–H groups in total. The summed E-state index contributed by atoms with van der Waals surface area (Å²) in [6.45, 7) is 7.50. The average molecular weight is 387 g/mol. The fraction of sp³-hybridized carbons (Fsp3) is 0.588. The van der Waals surface area contributed by atoms with Crippen LogP contribution in [0.1, 0.15) is 32.8 Å². The van der Waals surface area contributed by atoms with Gasteiger partial charge in [0.05, 0.1) is 11.1 Å². The normalized spacial score (nSPS) is 11.9. The number of hydrogen-bond donors (Lipinski definition) is 1. The molecule has 0 aliphatic heterocycles. The number of rotatable bonds is 9. The maximum absolute atomic E-state index is 11.7. The van der Waals surface area contributed by atoms with Gasteiger partial charge in [-0.1, -0.05) is 6.92 Å². The van der Waals surface area contributed by atoms with Crippen molar-refractivity contribution in [1.29, 1.82) is 0 Å². The van der Waals surface area contributed by atoms with Gasteiger partial charge in [-0.3, -0.25) is 4.79 Å². The first kappa shape index (κ1) is 19.8. The highest BCUT2D eigenvalue weighted by atomic mass is 79.9. The van der Waals surface area contributed by atoms with E-state index in [1.165, 1.54) is 4.90 Å². The van der Waals surface area contributed by atoms with Crippen molar-refractivity contribution in [2.45, 2.75) is 39.8 Å². The number of amides is 1. The zero-order valence-electron chi connectivity index (χ0n) is 14.6. The number of benzene rings is 1. The topological polar surface area (TPSA) is 50.8 Å². The first-order chi connectivity index (χ1) is 10.9. The molecule has 6 heteroatoms. The van der Waals surface area contributed by atoms with E-state index in [0.717, 1.165) is 23.0 Å². The molecule has 0 saturated carbocycles. The van der Waals surface area contributed by atoms with Crippen LogP contribution in [0.5, 0.6) is 11.5 Å². The highest BCUT2D eigenvalue weighted by Crippen LogP contribution is 2.37. The van der Waals surface area contributed by atoms with Crippen molar-refractivity contribution in [1.82, 2.24) is 10.2 Å². The standard InChI is InChI=1S/C17H27BrN2O3/c1-6-12(3)19-10-13-8-14(18)17(15(9-13)22-7-2)23-11-16(21)20(4)5/h8-9,12,19H,6-7,10-11H2,1-5H3. The average Bonchev–Trinajstić information content (AvgIpc) is 2.51. The van der Waals surface area contributed by atoms with Crippen molar-refractivity contribution in [2.24, 2.45) is 0 Å². The number of carbonyl (C=O) groups excluding carboxylic acids is 1. The highest BCUT2D eigenvalue weighted by molar-refractivity contribution is 9.10. The van der Waals surface area contributed by atoms with Gasteiger partial charge in [-0.25, -0.2) is 0 Å². The number of ether oxygens (including phenoxy) is 2. The van der Waals surface area contributed by atoms with Crippen LogP contribution in [0.25, 0.3) is 0 Å². The Morgan fingerprint density at radius 2 is 2.00 bits per heavy atom. The molecule has 1 amide bonds. The van der Waals surface area contributed by atoms with Crippen LogP contribution in [-0.2, 0) is 11.3 Å². The number of nitrogens with one attached hydrogen (secondary N) is 1. The van der Waals surface area contributed by atoms with Gasteiger partial charge in [-0.05, 0) is 53.9 Å². The Labute approximate surface area is 147 Å². The Hall–Kier alpha value is -1.27. The van der Waals surface area contributed by atoms with Crippen molar-refractivity contribution >= 4 is 21.8 Å². The molecule has 0 bridgehead atoms. The molecule has 1 atom stereocenters. The molecule has 0 saturated heterocycles. The summed E-state index contributed by atoms with van der Waals surface area (Å²) in [6, 6.07) is 4.41. The lowest BCUT2D eigenvalue weighted by Crippen LogP contribution is -2.27. The summed E-state index contributed by atoms with van der Waals surface area (Å²) >= 11 is 3.52. The van der Waals surface area contributed by atoms with Crippen LogP contribution in [0.4, 0.5) is 0 Å². The third kappa shape index (κ3) is 6.39. The number of carbonyl (C=O) groups is 1. The summed E-state index contributed by atoms with van der Waals surface area (Å²) in [7, 11) is 3.40. The quantitative estimate of drug-likeness (QED) is 0.707. The van der Waals surface area contributed by atoms with Crippen LogP contribution in [0.3, 0.4) is 0 Å². The van der Waals surface area contributed by atoms with Crippen molar-refractivity contribution in [2.75, 3.05) is 27.3 Å². The van der Waals surface area contributed by atoms with Crippen LogP contribution < -0.4 is 14.8 Å². The van der Waals surface area contributed by atoms with Gasteiger partial charge < -0.3 is 19.7 Å². The maximum atomic E-state index is 11.7. The van der Waals surface area contributed by atoms with Crippen molar-refractivity contribution in [3.8, 4) is 11.5 Å². The lowest BCUT2D eigenvalue weighted by Gasteiger charge is -2.17. The number of halogens is 1. The van der Waals surface area contributed by atoms with E-state index in [9.17, 15) is 4.79 Å². The lowest BCUT2D eigenvalue weighted by atomic mass is 10.1. The minimum absolute atomic E-state index is 0.0177. The molecule has 0 spiro atoms. The summed E-state index contributed by atoms with van der Waals surface area (Å²) in [5.41, 5.74) is 1.10. The highest BCUT2D eigenvalue weighted by Gasteiger charge is 2.15. The molecule has 1 aromatic carbocycles. The first-order valence-electron chi connectivity index (χ1n) is 7.90. The Bertz CT molecular complexity index is 521. The smallest absolute Gasteiger partial charge is 0.259 e. The van der Waals surface area contributed by atoms with E-state index >= 15 is 0 Å². The van der Waals surface area contributed by atoms with E-state index < -0.39 is 0 Å². The molecule has 0 radical (unpaired) electrons. The molecule has 23 heavy (non-hydrogen) atoms. The van der Waals surface area contributed by atoms with Gasteiger partial charge in [-0.2, -0.15) is 0 Å². The number of hydrogen-bond acceptors (Lipinski definition) is 4. The van der Waals surface area contributed by atoms with E-state index in [1.54, 1.807) is 14.1 Å². The lowest BCUT2D eigenvalue weighted by molar-refractivity contribution is -0.130. The molecule has 1 unspecified atom stereocenters. The molecule has 0 heterocycles. The van der Waals surface area contributed by atoms with Gasteiger partial charge >= 0.3 is 0 Å². The number of nitrogens with zero attached hydrogens (tertiary/aromatic N) is 1. The SMILES string of the molecule is CCOc1cc(CNC(C)CC)cc(Br)c1OCC(=O)N(C)C. The first-order valence-corrected chi connectivity index (χ1v) is 8.69. The Morgan fingerprint density at radius 1 is 1.30 bits per heavy atom. The van der Waals surface area contributed by atoms with E-state index in [2.05, 4.69) is 35.1 Å². The van der Waals surface area contributed by atoms with Crippen molar-refractivity contribution in [3.05, 3.63) is 22.2 Å². The third-order valence-electron chi connectivity index (χ3n) is 3.47. The Balaban J connectivity index is 2.90. The fourth-order valence-corrected chi connectivity index (χ4v) is 2.43. The maximum Gasteiger partial charge on any atom is 0.259 e. The monoisotopic (exact) mass is 386 g/mol. The van der Waals surface area contributed by atoms with Crippen molar-refractivity contribution < 1.29 is 14.3 Å². The second-order valence-electron chi connectivity index (χ2n) is 5.60. The van der Waals surface area contributed by atoms with Crippen molar-refractivity contribution in [3.63, 3.8) is 0 Å². The minimum atomic E-state index is -0.0955. The summed E-state index contributed by atoms with van der Waals surface area (Å²) in [5, 5.41) is 3.45. The van der Waals surface area contributed by atoms with Gasteiger partial charge in [0.15, 0.2) is 18.1 Å². The molecule has 0 fully saturated rings. The molecular weight excluding hydrogens is 360 g/mol. The van der Waals surface area contributed by atoms with Gasteiger partial charge in [0, 0.05) is 26.7 Å². The van der Waals surface area contributed by atoms with Crippen LogP contribution in [-0.4, -0.2) is 44.2 Å². The molecule has 130 valence electrons. The minimum Gasteiger partial charge on any atom is -0.490 e. The van der Waals surface area contributed by atoms with Crippen LogP contribution in [0.15, 0.2) is 16.6 Å². The van der Waals surface area contributed by atoms with Gasteiger partial charge in [0.1, 0.15) is 0 Å². The molecule has 0 aromatic heterocycles. The molecular formula is C17H27BrN2O3. The second-order valence-corrected chi connectivity index (χ2v) is 6.46. The summed E-state index contributed by atoms with van der Waals surface area (Å²) < 4.78 is 12.1. The van der Waals surface area contributed by atoms with Crippen LogP contribution >= 0.6 is 15.9 Å². The van der Waals surface area contributed by atoms with Crippen LogP contribution in [0, 0.1) is 0 Å². The van der Waals surface area contributed by atoms with Gasteiger partial charge in [-0.15, -0.1) is 0 Å². The van der Waals surface area contributed by atoms with E-state index in [-0.39, 0.29) is 12.5 Å². The van der Waals surface area contributed by atoms with Crippen LogP contribution in [0.2, 0.25) is 0 Å². The summed E-state index contributed by atoms with van der Waals surface area (Å²) in [4.78, 5) is 13.2. The predicted molar refractivity (Wildman–Crippen MR) is 96.1 cm³/mol. The molecule has 1 aromatic rings. The molecule has 0 aliphatic rings. The zero-order chi connectivity index (χ0) is 17.4. The number of likely N-dealkylation sites (N-methyl/N-ethyl adjacent to an activating group) is 1. The van der Waals surface area contributed by atoms with E-state index in [4.69, 9.17) is 9.47 Å². The summed E-state index contributed by atoms with van der Waals surface area (Å²) in [6.07, 6.45) is 1.08. The molecule has 0 aliphatic carbocycles. The third-order valence-corrected chi connectivity index (χ3v) is 4.06. The zero-order valence-corrected chi connectivity index (χ0v) is 16.2. The Kier molecular flexibility index (Phi) is 8.41. The molecule has 5 nitrogen and oxygen atoms in total. The predicted octanol–water partition coefficient (Wildman–Crippen LogP) is 3.20. The van der Waals surface area contributed by atoms with E-state index in [1.807, 2.05) is 19.1 Å².